The van der Waals surface area contributed by atoms with Crippen molar-refractivity contribution in [3.8, 4) is 5.88 Å². The van der Waals surface area contributed by atoms with Crippen LogP contribution in [-0.2, 0) is 13.1 Å². The van der Waals surface area contributed by atoms with E-state index < -0.39 is 0 Å². The lowest BCUT2D eigenvalue weighted by atomic mass is 10.2. The molecule has 2 aromatic heterocycles. The molecule has 0 bridgehead atoms. The minimum atomic E-state index is 0.673. The van der Waals surface area contributed by atoms with Crippen LogP contribution < -0.4 is 10.1 Å². The molecule has 2 heterocycles. The standard InChI is InChI=1S/C14H17N3O/c1-11-6-12(8-15-7-11)9-16-10-13-4-3-5-17-14(13)18-2/h3-8,16H,9-10H2,1-2H3. The van der Waals surface area contributed by atoms with Gasteiger partial charge in [0.2, 0.25) is 5.88 Å². The highest BCUT2D eigenvalue weighted by atomic mass is 16.5. The van der Waals surface area contributed by atoms with Gasteiger partial charge in [0.1, 0.15) is 0 Å². The molecule has 0 spiro atoms. The fourth-order valence-electron chi connectivity index (χ4n) is 1.80. The molecule has 2 rings (SSSR count). The molecule has 0 aliphatic heterocycles. The fourth-order valence-corrected chi connectivity index (χ4v) is 1.80. The highest BCUT2D eigenvalue weighted by Gasteiger charge is 2.02. The lowest BCUT2D eigenvalue weighted by Crippen LogP contribution is -2.14. The van der Waals surface area contributed by atoms with E-state index in [2.05, 4.69) is 21.4 Å². The summed E-state index contributed by atoms with van der Waals surface area (Å²) >= 11 is 0. The van der Waals surface area contributed by atoms with E-state index in [4.69, 9.17) is 4.74 Å². The van der Waals surface area contributed by atoms with Crippen LogP contribution in [-0.4, -0.2) is 17.1 Å². The molecule has 0 amide bonds. The molecule has 1 N–H and O–H groups in total. The predicted octanol–water partition coefficient (Wildman–Crippen LogP) is 2.08. The number of rotatable bonds is 5. The molecule has 4 heteroatoms. The Morgan fingerprint density at radius 2 is 2.17 bits per heavy atom. The second kappa shape index (κ2) is 6.12. The van der Waals surface area contributed by atoms with E-state index in [0.29, 0.717) is 5.88 Å². The molecular formula is C14H17N3O. The van der Waals surface area contributed by atoms with Gasteiger partial charge in [0.15, 0.2) is 0 Å². The summed E-state index contributed by atoms with van der Waals surface area (Å²) < 4.78 is 5.20. The van der Waals surface area contributed by atoms with Crippen LogP contribution in [0.15, 0.2) is 36.8 Å². The Kier molecular flexibility index (Phi) is 4.25. The highest BCUT2D eigenvalue weighted by Crippen LogP contribution is 2.13. The quantitative estimate of drug-likeness (QED) is 0.873. The van der Waals surface area contributed by atoms with Crippen LogP contribution in [0.5, 0.6) is 5.88 Å². The Bertz CT molecular complexity index is 514. The van der Waals surface area contributed by atoms with Crippen molar-refractivity contribution < 1.29 is 4.74 Å². The van der Waals surface area contributed by atoms with Gasteiger partial charge in [-0.15, -0.1) is 0 Å². The number of aromatic nitrogens is 2. The van der Waals surface area contributed by atoms with Crippen molar-refractivity contribution in [2.75, 3.05) is 7.11 Å². The first-order chi connectivity index (χ1) is 8.79. The first-order valence-corrected chi connectivity index (χ1v) is 5.88. The lowest BCUT2D eigenvalue weighted by Gasteiger charge is -2.08. The number of hydrogen-bond donors (Lipinski definition) is 1. The summed E-state index contributed by atoms with van der Waals surface area (Å²) in [4.78, 5) is 8.33. The van der Waals surface area contributed by atoms with Gasteiger partial charge in [0, 0.05) is 37.2 Å². The first-order valence-electron chi connectivity index (χ1n) is 5.88. The topological polar surface area (TPSA) is 47.0 Å². The molecule has 0 atom stereocenters. The summed E-state index contributed by atoms with van der Waals surface area (Å²) in [7, 11) is 1.64. The molecule has 0 aliphatic carbocycles. The Labute approximate surface area is 107 Å². The monoisotopic (exact) mass is 243 g/mol. The van der Waals surface area contributed by atoms with Crippen LogP contribution in [0.2, 0.25) is 0 Å². The molecule has 0 radical (unpaired) electrons. The van der Waals surface area contributed by atoms with Crippen LogP contribution >= 0.6 is 0 Å². The van der Waals surface area contributed by atoms with Gasteiger partial charge < -0.3 is 10.1 Å². The fraction of sp³-hybridized carbons (Fsp3) is 0.286. The molecule has 0 aromatic carbocycles. The van der Waals surface area contributed by atoms with Gasteiger partial charge in [-0.2, -0.15) is 0 Å². The predicted molar refractivity (Wildman–Crippen MR) is 70.3 cm³/mol. The van der Waals surface area contributed by atoms with Gasteiger partial charge >= 0.3 is 0 Å². The van der Waals surface area contributed by atoms with Crippen molar-refractivity contribution in [2.45, 2.75) is 20.0 Å². The second-order valence-electron chi connectivity index (χ2n) is 4.15. The second-order valence-corrected chi connectivity index (χ2v) is 4.15. The number of aryl methyl sites for hydroxylation is 1. The number of ether oxygens (including phenoxy) is 1. The lowest BCUT2D eigenvalue weighted by molar-refractivity contribution is 0.390. The summed E-state index contributed by atoms with van der Waals surface area (Å²) in [5.74, 6) is 0.673. The zero-order valence-corrected chi connectivity index (χ0v) is 10.7. The van der Waals surface area contributed by atoms with E-state index in [0.717, 1.165) is 18.7 Å². The van der Waals surface area contributed by atoms with Crippen LogP contribution in [0.4, 0.5) is 0 Å². The van der Waals surface area contributed by atoms with Crippen molar-refractivity contribution in [3.05, 3.63) is 53.5 Å². The molecule has 0 saturated heterocycles. The van der Waals surface area contributed by atoms with E-state index in [1.807, 2.05) is 31.5 Å². The number of nitrogens with one attached hydrogen (secondary N) is 1. The van der Waals surface area contributed by atoms with Gasteiger partial charge in [-0.1, -0.05) is 12.1 Å². The van der Waals surface area contributed by atoms with E-state index >= 15 is 0 Å². The first kappa shape index (κ1) is 12.5. The molecule has 0 aliphatic rings. The summed E-state index contributed by atoms with van der Waals surface area (Å²) in [6.07, 6.45) is 5.46. The summed E-state index contributed by atoms with van der Waals surface area (Å²) in [5, 5.41) is 3.36. The van der Waals surface area contributed by atoms with Gasteiger partial charge in [-0.05, 0) is 24.1 Å². The average molecular weight is 243 g/mol. The maximum atomic E-state index is 5.20. The van der Waals surface area contributed by atoms with Crippen molar-refractivity contribution >= 4 is 0 Å². The van der Waals surface area contributed by atoms with E-state index in [-0.39, 0.29) is 0 Å². The smallest absolute Gasteiger partial charge is 0.217 e. The summed E-state index contributed by atoms with van der Waals surface area (Å²) in [6.45, 7) is 3.55. The minimum absolute atomic E-state index is 0.673. The van der Waals surface area contributed by atoms with Crippen LogP contribution in [0, 0.1) is 6.92 Å². The molecule has 4 nitrogen and oxygen atoms in total. The third-order valence-corrected chi connectivity index (χ3v) is 2.62. The molecule has 0 fully saturated rings. The molecule has 94 valence electrons. The molecule has 2 aromatic rings. The van der Waals surface area contributed by atoms with Gasteiger partial charge in [-0.25, -0.2) is 4.98 Å². The molecule has 18 heavy (non-hydrogen) atoms. The number of nitrogens with zero attached hydrogens (tertiary/aromatic N) is 2. The third kappa shape index (κ3) is 3.28. The Balaban J connectivity index is 1.92. The zero-order chi connectivity index (χ0) is 12.8. The average Bonchev–Trinajstić information content (AvgIpc) is 2.39. The van der Waals surface area contributed by atoms with Gasteiger partial charge in [0.05, 0.1) is 7.11 Å². The largest absolute Gasteiger partial charge is 0.481 e. The zero-order valence-electron chi connectivity index (χ0n) is 10.7. The third-order valence-electron chi connectivity index (χ3n) is 2.62. The number of hydrogen-bond acceptors (Lipinski definition) is 4. The van der Waals surface area contributed by atoms with Gasteiger partial charge in [0.25, 0.3) is 0 Å². The van der Waals surface area contributed by atoms with Gasteiger partial charge in [-0.3, -0.25) is 4.98 Å². The SMILES string of the molecule is COc1ncccc1CNCc1cncc(C)c1. The Hall–Kier alpha value is -1.94. The number of methoxy groups -OCH3 is 1. The van der Waals surface area contributed by atoms with E-state index in [1.54, 1.807) is 13.3 Å². The minimum Gasteiger partial charge on any atom is -0.481 e. The Morgan fingerprint density at radius 3 is 2.94 bits per heavy atom. The number of pyridine rings is 2. The molecule has 0 saturated carbocycles. The summed E-state index contributed by atoms with van der Waals surface area (Å²) in [6, 6.07) is 6.04. The maximum absolute atomic E-state index is 5.20. The molecule has 0 unspecified atom stereocenters. The van der Waals surface area contributed by atoms with Crippen molar-refractivity contribution in [1.82, 2.24) is 15.3 Å². The normalized spacial score (nSPS) is 10.3. The van der Waals surface area contributed by atoms with Crippen molar-refractivity contribution in [3.63, 3.8) is 0 Å². The van der Waals surface area contributed by atoms with Crippen LogP contribution in [0.3, 0.4) is 0 Å². The Morgan fingerprint density at radius 1 is 1.28 bits per heavy atom. The van der Waals surface area contributed by atoms with Crippen molar-refractivity contribution in [1.29, 1.82) is 0 Å². The maximum Gasteiger partial charge on any atom is 0.217 e. The van der Waals surface area contributed by atoms with Crippen LogP contribution in [0.25, 0.3) is 0 Å². The van der Waals surface area contributed by atoms with Crippen LogP contribution in [0.1, 0.15) is 16.7 Å². The van der Waals surface area contributed by atoms with E-state index in [1.165, 1.54) is 11.1 Å². The summed E-state index contributed by atoms with van der Waals surface area (Å²) in [5.41, 5.74) is 3.41. The van der Waals surface area contributed by atoms with E-state index in [9.17, 15) is 0 Å². The van der Waals surface area contributed by atoms with Crippen molar-refractivity contribution in [2.24, 2.45) is 0 Å². The highest BCUT2D eigenvalue weighted by molar-refractivity contribution is 5.25. The molecular weight excluding hydrogens is 226 g/mol.